The zero-order valence-electron chi connectivity index (χ0n) is 22.9. The van der Waals surface area contributed by atoms with Crippen LogP contribution in [-0.4, -0.2) is 50.1 Å². The number of likely N-dealkylation sites (tertiary alicyclic amines) is 1. The maximum Gasteiger partial charge on any atom is 0.189 e. The molecule has 39 heavy (non-hydrogen) atoms. The van der Waals surface area contributed by atoms with E-state index in [1.54, 1.807) is 12.1 Å². The van der Waals surface area contributed by atoms with Crippen LogP contribution in [0.2, 0.25) is 0 Å². The second kappa shape index (κ2) is 13.1. The van der Waals surface area contributed by atoms with Crippen molar-refractivity contribution in [2.75, 3.05) is 44.3 Å². The number of piperidine rings is 1. The lowest BCUT2D eigenvalue weighted by molar-refractivity contribution is 0.0954. The Kier molecular flexibility index (Phi) is 9.15. The van der Waals surface area contributed by atoms with E-state index in [0.29, 0.717) is 25.3 Å². The third-order valence-corrected chi connectivity index (χ3v) is 7.78. The Morgan fingerprint density at radius 2 is 1.59 bits per heavy atom. The van der Waals surface area contributed by atoms with Gasteiger partial charge in [-0.3, -0.25) is 9.69 Å². The number of hydrogen-bond donors (Lipinski definition) is 0. The molecule has 0 aliphatic carbocycles. The molecule has 0 N–H and O–H groups in total. The number of fused-ring (bicyclic) bond motifs is 1. The van der Waals surface area contributed by atoms with E-state index >= 15 is 0 Å². The van der Waals surface area contributed by atoms with Gasteiger partial charge in [0.05, 0.1) is 6.61 Å². The van der Waals surface area contributed by atoms with Crippen LogP contribution in [0, 0.1) is 5.82 Å². The van der Waals surface area contributed by atoms with Crippen LogP contribution in [0.5, 0.6) is 11.5 Å². The summed E-state index contributed by atoms with van der Waals surface area (Å²) in [6, 6.07) is 19.5. The Morgan fingerprint density at radius 1 is 0.872 bits per heavy atom. The van der Waals surface area contributed by atoms with Crippen LogP contribution in [0.3, 0.4) is 0 Å². The van der Waals surface area contributed by atoms with E-state index < -0.39 is 6.04 Å². The van der Waals surface area contributed by atoms with Gasteiger partial charge in [0, 0.05) is 24.3 Å². The number of rotatable bonds is 11. The van der Waals surface area contributed by atoms with Crippen LogP contribution in [0.25, 0.3) is 0 Å². The SMILES string of the molecule is CCCCOc1ccc2c(c1)CCN(c1ccc(F)cc1)C2C(=O)c1ccc(OCCN2CCCCC2)cc1. The molecule has 2 aliphatic heterocycles. The van der Waals surface area contributed by atoms with Crippen molar-refractivity contribution in [3.63, 3.8) is 0 Å². The van der Waals surface area contributed by atoms with Crippen LogP contribution < -0.4 is 14.4 Å². The van der Waals surface area contributed by atoms with Gasteiger partial charge in [0.15, 0.2) is 5.78 Å². The number of Topliss-reactive ketones (excluding diaryl/α,β-unsaturated/α-hetero) is 1. The summed E-state index contributed by atoms with van der Waals surface area (Å²) >= 11 is 0. The fourth-order valence-electron chi connectivity index (χ4n) is 5.57. The topological polar surface area (TPSA) is 42.0 Å². The summed E-state index contributed by atoms with van der Waals surface area (Å²) in [5.41, 5.74) is 3.56. The predicted octanol–water partition coefficient (Wildman–Crippen LogP) is 6.86. The van der Waals surface area contributed by atoms with Crippen LogP contribution >= 0.6 is 0 Å². The highest BCUT2D eigenvalue weighted by atomic mass is 19.1. The molecule has 206 valence electrons. The lowest BCUT2D eigenvalue weighted by atomic mass is 9.87. The molecule has 0 spiro atoms. The number of carbonyl (C=O) groups is 1. The molecule has 1 saturated heterocycles. The molecule has 1 unspecified atom stereocenters. The molecule has 0 radical (unpaired) electrons. The minimum atomic E-state index is -0.505. The molecular formula is C33H39FN2O3. The molecule has 2 aliphatic rings. The van der Waals surface area contributed by atoms with Crippen LogP contribution in [-0.2, 0) is 6.42 Å². The Bertz CT molecular complexity index is 1220. The summed E-state index contributed by atoms with van der Waals surface area (Å²) in [6.45, 7) is 7.36. The van der Waals surface area contributed by atoms with Gasteiger partial charge in [0.25, 0.3) is 0 Å². The molecule has 3 aromatic rings. The number of unbranched alkanes of at least 4 members (excludes halogenated alkanes) is 1. The standard InChI is InChI=1S/C33H39FN2O3/c1-2-3-22-38-30-15-16-31-26(24-30)17-20-36(28-11-9-27(34)10-12-28)32(31)33(37)25-7-13-29(14-8-25)39-23-21-35-18-5-4-6-19-35/h7-16,24,32H,2-6,17-23H2,1H3. The lowest BCUT2D eigenvalue weighted by Gasteiger charge is -2.38. The van der Waals surface area contributed by atoms with Gasteiger partial charge in [0.1, 0.15) is 30.0 Å². The Morgan fingerprint density at radius 3 is 2.33 bits per heavy atom. The van der Waals surface area contributed by atoms with Crippen molar-refractivity contribution in [2.45, 2.75) is 51.5 Å². The van der Waals surface area contributed by atoms with Gasteiger partial charge in [-0.1, -0.05) is 25.8 Å². The first-order chi connectivity index (χ1) is 19.1. The monoisotopic (exact) mass is 530 g/mol. The second-order valence-corrected chi connectivity index (χ2v) is 10.5. The second-order valence-electron chi connectivity index (χ2n) is 10.5. The summed E-state index contributed by atoms with van der Waals surface area (Å²) in [5.74, 6) is 1.34. The predicted molar refractivity (Wildman–Crippen MR) is 154 cm³/mol. The normalized spacial score (nSPS) is 17.5. The number of halogens is 1. The lowest BCUT2D eigenvalue weighted by Crippen LogP contribution is -2.40. The smallest absolute Gasteiger partial charge is 0.189 e. The zero-order valence-corrected chi connectivity index (χ0v) is 22.9. The third-order valence-electron chi connectivity index (χ3n) is 7.78. The Labute approximate surface area is 231 Å². The molecule has 3 aromatic carbocycles. The van der Waals surface area contributed by atoms with Gasteiger partial charge >= 0.3 is 0 Å². The van der Waals surface area contributed by atoms with Gasteiger partial charge in [-0.25, -0.2) is 4.39 Å². The van der Waals surface area contributed by atoms with Crippen molar-refractivity contribution in [2.24, 2.45) is 0 Å². The van der Waals surface area contributed by atoms with Crippen molar-refractivity contribution in [1.82, 2.24) is 4.90 Å². The number of hydrogen-bond acceptors (Lipinski definition) is 5. The number of ketones is 1. The number of nitrogens with zero attached hydrogens (tertiary/aromatic N) is 2. The minimum Gasteiger partial charge on any atom is -0.494 e. The molecule has 1 fully saturated rings. The maximum absolute atomic E-state index is 14.0. The first kappa shape index (κ1) is 27.2. The molecule has 0 aromatic heterocycles. The number of benzene rings is 3. The van der Waals surface area contributed by atoms with Gasteiger partial charge in [0.2, 0.25) is 0 Å². The van der Waals surface area contributed by atoms with E-state index in [9.17, 15) is 9.18 Å². The third kappa shape index (κ3) is 6.80. The highest BCUT2D eigenvalue weighted by molar-refractivity contribution is 6.03. The highest BCUT2D eigenvalue weighted by Gasteiger charge is 2.34. The fraction of sp³-hybridized carbons (Fsp3) is 0.424. The summed E-state index contributed by atoms with van der Waals surface area (Å²) in [5, 5.41) is 0. The number of anilines is 1. The minimum absolute atomic E-state index is 0.0137. The van der Waals surface area contributed by atoms with E-state index in [1.807, 2.05) is 36.4 Å². The van der Waals surface area contributed by atoms with Crippen molar-refractivity contribution >= 4 is 11.5 Å². The van der Waals surface area contributed by atoms with E-state index in [2.05, 4.69) is 22.8 Å². The van der Waals surface area contributed by atoms with Gasteiger partial charge < -0.3 is 14.4 Å². The van der Waals surface area contributed by atoms with Crippen LogP contribution in [0.4, 0.5) is 10.1 Å². The van der Waals surface area contributed by atoms with Crippen molar-refractivity contribution < 1.29 is 18.7 Å². The summed E-state index contributed by atoms with van der Waals surface area (Å²) in [6.07, 6.45) is 6.73. The Balaban J connectivity index is 1.34. The molecule has 0 saturated carbocycles. The molecule has 6 heteroatoms. The molecule has 2 heterocycles. The quantitative estimate of drug-likeness (QED) is 0.200. The summed E-state index contributed by atoms with van der Waals surface area (Å²) < 4.78 is 25.6. The number of ether oxygens (including phenoxy) is 2. The Hall–Kier alpha value is -3.38. The van der Waals surface area contributed by atoms with E-state index in [1.165, 1.54) is 31.4 Å². The number of carbonyl (C=O) groups excluding carboxylic acids is 1. The van der Waals surface area contributed by atoms with E-state index in [0.717, 1.165) is 67.2 Å². The van der Waals surface area contributed by atoms with Gasteiger partial charge in [-0.2, -0.15) is 0 Å². The molecule has 0 amide bonds. The van der Waals surface area contributed by atoms with Crippen LogP contribution in [0.1, 0.15) is 66.6 Å². The summed E-state index contributed by atoms with van der Waals surface area (Å²) in [7, 11) is 0. The van der Waals surface area contributed by atoms with E-state index in [4.69, 9.17) is 9.47 Å². The average Bonchev–Trinajstić information content (AvgIpc) is 2.98. The van der Waals surface area contributed by atoms with Gasteiger partial charge in [-0.05, 0) is 111 Å². The molecule has 0 bridgehead atoms. The molecular weight excluding hydrogens is 491 g/mol. The fourth-order valence-corrected chi connectivity index (χ4v) is 5.57. The average molecular weight is 531 g/mol. The van der Waals surface area contributed by atoms with Crippen molar-refractivity contribution in [3.8, 4) is 11.5 Å². The largest absolute Gasteiger partial charge is 0.494 e. The maximum atomic E-state index is 14.0. The van der Waals surface area contributed by atoms with Gasteiger partial charge in [-0.15, -0.1) is 0 Å². The van der Waals surface area contributed by atoms with Crippen molar-refractivity contribution in [1.29, 1.82) is 0 Å². The van der Waals surface area contributed by atoms with Crippen LogP contribution in [0.15, 0.2) is 66.7 Å². The summed E-state index contributed by atoms with van der Waals surface area (Å²) in [4.78, 5) is 18.6. The molecule has 5 rings (SSSR count). The van der Waals surface area contributed by atoms with E-state index in [-0.39, 0.29) is 11.6 Å². The first-order valence-corrected chi connectivity index (χ1v) is 14.4. The first-order valence-electron chi connectivity index (χ1n) is 14.4. The molecule has 5 nitrogen and oxygen atoms in total. The molecule has 1 atom stereocenters. The zero-order chi connectivity index (χ0) is 27.0. The van der Waals surface area contributed by atoms with Crippen molar-refractivity contribution in [3.05, 3.63) is 89.2 Å². The highest BCUT2D eigenvalue weighted by Crippen LogP contribution is 2.38.